The molecule has 0 N–H and O–H groups in total. The first kappa shape index (κ1) is 13.9. The Balaban J connectivity index is 1.40. The summed E-state index contributed by atoms with van der Waals surface area (Å²) < 4.78 is 0. The first-order valence-electron chi connectivity index (χ1n) is 8.58. The van der Waals surface area contributed by atoms with Crippen molar-refractivity contribution in [1.82, 2.24) is 4.90 Å². The van der Waals surface area contributed by atoms with Crippen LogP contribution in [0, 0.1) is 17.8 Å². The van der Waals surface area contributed by atoms with Crippen LogP contribution in [-0.2, 0) is 4.79 Å². The standard InChI is InChI=1S/C19H24N2O/c22-19(18-14-15-7-8-16(18)13-15)21-10-4-9-20(11-12-21)17-5-2-1-3-6-17/h1-3,5-8,15-16,18H,4,9-14H2. The summed E-state index contributed by atoms with van der Waals surface area (Å²) in [6, 6.07) is 10.6. The topological polar surface area (TPSA) is 23.6 Å². The molecule has 2 fully saturated rings. The van der Waals surface area contributed by atoms with Crippen LogP contribution in [0.3, 0.4) is 0 Å². The van der Waals surface area contributed by atoms with E-state index in [0.29, 0.717) is 17.7 Å². The van der Waals surface area contributed by atoms with Crippen molar-refractivity contribution in [3.63, 3.8) is 0 Å². The molecular formula is C19H24N2O. The number of hydrogen-bond acceptors (Lipinski definition) is 2. The van der Waals surface area contributed by atoms with Crippen molar-refractivity contribution >= 4 is 11.6 Å². The number of nitrogens with zero attached hydrogens (tertiary/aromatic N) is 2. The Morgan fingerprint density at radius 2 is 1.82 bits per heavy atom. The molecule has 116 valence electrons. The lowest BCUT2D eigenvalue weighted by atomic mass is 9.92. The number of para-hydroxylation sites is 1. The van der Waals surface area contributed by atoms with Crippen LogP contribution in [0.5, 0.6) is 0 Å². The van der Waals surface area contributed by atoms with Gasteiger partial charge in [0, 0.05) is 37.8 Å². The maximum atomic E-state index is 12.9. The number of fused-ring (bicyclic) bond motifs is 2. The highest BCUT2D eigenvalue weighted by Crippen LogP contribution is 2.44. The normalized spacial score (nSPS) is 30.6. The fourth-order valence-corrected chi connectivity index (χ4v) is 4.33. The van der Waals surface area contributed by atoms with Gasteiger partial charge < -0.3 is 9.80 Å². The fraction of sp³-hybridized carbons (Fsp3) is 0.526. The van der Waals surface area contributed by atoms with Crippen LogP contribution in [0.4, 0.5) is 5.69 Å². The molecule has 0 radical (unpaired) electrons. The summed E-state index contributed by atoms with van der Waals surface area (Å²) in [4.78, 5) is 17.4. The zero-order valence-electron chi connectivity index (χ0n) is 13.0. The average molecular weight is 296 g/mol. The first-order valence-corrected chi connectivity index (χ1v) is 8.58. The lowest BCUT2D eigenvalue weighted by Gasteiger charge is -2.27. The van der Waals surface area contributed by atoms with E-state index in [1.807, 2.05) is 0 Å². The molecule has 2 aliphatic carbocycles. The molecule has 3 aliphatic rings. The van der Waals surface area contributed by atoms with Crippen molar-refractivity contribution in [1.29, 1.82) is 0 Å². The fourth-order valence-electron chi connectivity index (χ4n) is 4.33. The molecule has 1 amide bonds. The number of rotatable bonds is 2. The Morgan fingerprint density at radius 1 is 0.955 bits per heavy atom. The first-order chi connectivity index (χ1) is 10.8. The third-order valence-electron chi connectivity index (χ3n) is 5.53. The van der Waals surface area contributed by atoms with Gasteiger partial charge in [-0.2, -0.15) is 0 Å². The molecule has 4 rings (SSSR count). The van der Waals surface area contributed by atoms with Gasteiger partial charge in [-0.25, -0.2) is 0 Å². The van der Waals surface area contributed by atoms with E-state index in [4.69, 9.17) is 0 Å². The Morgan fingerprint density at radius 3 is 2.55 bits per heavy atom. The van der Waals surface area contributed by atoms with Crippen molar-refractivity contribution in [2.24, 2.45) is 17.8 Å². The van der Waals surface area contributed by atoms with Gasteiger partial charge in [-0.1, -0.05) is 30.4 Å². The highest BCUT2D eigenvalue weighted by molar-refractivity contribution is 5.80. The zero-order chi connectivity index (χ0) is 14.9. The lowest BCUT2D eigenvalue weighted by Crippen LogP contribution is -2.40. The molecular weight excluding hydrogens is 272 g/mol. The van der Waals surface area contributed by atoms with Crippen LogP contribution in [0.15, 0.2) is 42.5 Å². The molecule has 1 aromatic carbocycles. The number of amides is 1. The van der Waals surface area contributed by atoms with Crippen molar-refractivity contribution in [2.45, 2.75) is 19.3 Å². The zero-order valence-corrected chi connectivity index (χ0v) is 13.0. The third-order valence-corrected chi connectivity index (χ3v) is 5.53. The van der Waals surface area contributed by atoms with E-state index in [-0.39, 0.29) is 5.92 Å². The van der Waals surface area contributed by atoms with Crippen LogP contribution >= 0.6 is 0 Å². The van der Waals surface area contributed by atoms with Gasteiger partial charge in [-0.15, -0.1) is 0 Å². The van der Waals surface area contributed by atoms with Crippen LogP contribution in [0.1, 0.15) is 19.3 Å². The van der Waals surface area contributed by atoms with Crippen molar-refractivity contribution < 1.29 is 4.79 Å². The summed E-state index contributed by atoms with van der Waals surface area (Å²) in [5.41, 5.74) is 1.28. The molecule has 1 saturated carbocycles. The minimum Gasteiger partial charge on any atom is -0.370 e. The Hall–Kier alpha value is -1.77. The minimum atomic E-state index is 0.262. The summed E-state index contributed by atoms with van der Waals surface area (Å²) in [5, 5.41) is 0. The van der Waals surface area contributed by atoms with Gasteiger partial charge in [0.25, 0.3) is 0 Å². The third kappa shape index (κ3) is 2.53. The van der Waals surface area contributed by atoms with E-state index < -0.39 is 0 Å². The van der Waals surface area contributed by atoms with E-state index in [0.717, 1.165) is 39.0 Å². The van der Waals surface area contributed by atoms with Crippen molar-refractivity contribution in [2.75, 3.05) is 31.1 Å². The SMILES string of the molecule is O=C(C1CC2C=CC1C2)N1CCCN(c2ccccc2)CC1. The molecule has 0 spiro atoms. The Labute approximate surface area is 132 Å². The molecule has 1 heterocycles. The maximum Gasteiger partial charge on any atom is 0.226 e. The van der Waals surface area contributed by atoms with Crippen LogP contribution in [-0.4, -0.2) is 37.0 Å². The van der Waals surface area contributed by atoms with Gasteiger partial charge in [0.1, 0.15) is 0 Å². The summed E-state index contributed by atoms with van der Waals surface area (Å²) >= 11 is 0. The molecule has 3 nitrogen and oxygen atoms in total. The predicted octanol–water partition coefficient (Wildman–Crippen LogP) is 2.94. The Bertz CT molecular complexity index is 568. The molecule has 0 aromatic heterocycles. The molecule has 22 heavy (non-hydrogen) atoms. The smallest absolute Gasteiger partial charge is 0.226 e. The largest absolute Gasteiger partial charge is 0.370 e. The van der Waals surface area contributed by atoms with Gasteiger partial charge in [0.05, 0.1) is 0 Å². The van der Waals surface area contributed by atoms with Gasteiger partial charge >= 0.3 is 0 Å². The van der Waals surface area contributed by atoms with Crippen molar-refractivity contribution in [3.8, 4) is 0 Å². The van der Waals surface area contributed by atoms with Gasteiger partial charge in [0.15, 0.2) is 0 Å². The van der Waals surface area contributed by atoms with Crippen LogP contribution < -0.4 is 4.90 Å². The van der Waals surface area contributed by atoms with E-state index >= 15 is 0 Å². The minimum absolute atomic E-state index is 0.262. The van der Waals surface area contributed by atoms with E-state index in [2.05, 4.69) is 52.3 Å². The van der Waals surface area contributed by atoms with Gasteiger partial charge in [0.2, 0.25) is 5.91 Å². The number of benzene rings is 1. The van der Waals surface area contributed by atoms with E-state index in [1.54, 1.807) is 0 Å². The summed E-state index contributed by atoms with van der Waals surface area (Å²) in [6.45, 7) is 3.78. The molecule has 2 bridgehead atoms. The second kappa shape index (κ2) is 5.79. The summed E-state index contributed by atoms with van der Waals surface area (Å²) in [5.74, 6) is 1.86. The Kier molecular flexibility index (Phi) is 3.65. The monoisotopic (exact) mass is 296 g/mol. The number of allylic oxidation sites excluding steroid dienone is 2. The molecule has 1 aromatic rings. The second-order valence-electron chi connectivity index (χ2n) is 6.89. The molecule has 3 unspecified atom stereocenters. The average Bonchev–Trinajstić information content (AvgIpc) is 3.11. The summed E-state index contributed by atoms with van der Waals surface area (Å²) in [6.07, 6.45) is 7.95. The van der Waals surface area contributed by atoms with Crippen LogP contribution in [0.2, 0.25) is 0 Å². The number of carbonyl (C=O) groups excluding carboxylic acids is 1. The summed E-state index contributed by atoms with van der Waals surface area (Å²) in [7, 11) is 0. The molecule has 1 aliphatic heterocycles. The number of hydrogen-bond donors (Lipinski definition) is 0. The van der Waals surface area contributed by atoms with Crippen molar-refractivity contribution in [3.05, 3.63) is 42.5 Å². The number of anilines is 1. The quantitative estimate of drug-likeness (QED) is 0.783. The number of carbonyl (C=O) groups is 1. The van der Waals surface area contributed by atoms with E-state index in [1.165, 1.54) is 12.1 Å². The van der Waals surface area contributed by atoms with Gasteiger partial charge in [-0.05, 0) is 43.2 Å². The molecule has 3 atom stereocenters. The van der Waals surface area contributed by atoms with Gasteiger partial charge in [-0.3, -0.25) is 4.79 Å². The second-order valence-corrected chi connectivity index (χ2v) is 6.89. The predicted molar refractivity (Wildman–Crippen MR) is 88.7 cm³/mol. The van der Waals surface area contributed by atoms with E-state index in [9.17, 15) is 4.79 Å². The highest BCUT2D eigenvalue weighted by atomic mass is 16.2. The maximum absolute atomic E-state index is 12.9. The molecule has 3 heteroatoms. The molecule has 1 saturated heterocycles. The lowest BCUT2D eigenvalue weighted by molar-refractivity contribution is -0.136. The van der Waals surface area contributed by atoms with Crippen LogP contribution in [0.25, 0.3) is 0 Å². The highest BCUT2D eigenvalue weighted by Gasteiger charge is 2.41.